The molecule has 0 fully saturated rings. The number of hydrogen-bond donors (Lipinski definition) is 1. The van der Waals surface area contributed by atoms with Gasteiger partial charge in [0.05, 0.1) is 17.1 Å². The molecular formula is C14H21BrFNO. The molecular weight excluding hydrogens is 297 g/mol. The molecule has 1 aromatic rings. The molecule has 0 aliphatic rings. The van der Waals surface area contributed by atoms with Gasteiger partial charge in [-0.2, -0.15) is 0 Å². The van der Waals surface area contributed by atoms with E-state index in [-0.39, 0.29) is 11.9 Å². The molecule has 0 aliphatic heterocycles. The van der Waals surface area contributed by atoms with E-state index in [1.807, 2.05) is 12.1 Å². The van der Waals surface area contributed by atoms with Gasteiger partial charge in [-0.1, -0.05) is 19.9 Å². The molecule has 0 spiro atoms. The fourth-order valence-electron chi connectivity index (χ4n) is 1.67. The number of halogens is 2. The van der Waals surface area contributed by atoms with Gasteiger partial charge < -0.3 is 10.1 Å². The van der Waals surface area contributed by atoms with Crippen molar-refractivity contribution in [3.63, 3.8) is 0 Å². The van der Waals surface area contributed by atoms with Crippen molar-refractivity contribution in [1.82, 2.24) is 5.32 Å². The first-order valence-corrected chi connectivity index (χ1v) is 7.24. The van der Waals surface area contributed by atoms with Crippen molar-refractivity contribution in [3.8, 4) is 0 Å². The average Bonchev–Trinajstić information content (AvgIpc) is 2.37. The van der Waals surface area contributed by atoms with Gasteiger partial charge in [-0.05, 0) is 53.0 Å². The van der Waals surface area contributed by atoms with Crippen LogP contribution in [0.25, 0.3) is 0 Å². The molecule has 2 nitrogen and oxygen atoms in total. The van der Waals surface area contributed by atoms with Gasteiger partial charge >= 0.3 is 0 Å². The van der Waals surface area contributed by atoms with E-state index >= 15 is 0 Å². The van der Waals surface area contributed by atoms with E-state index in [1.54, 1.807) is 0 Å². The summed E-state index contributed by atoms with van der Waals surface area (Å²) < 4.78 is 19.3. The van der Waals surface area contributed by atoms with Crippen molar-refractivity contribution in [2.45, 2.75) is 32.7 Å². The lowest BCUT2D eigenvalue weighted by Crippen LogP contribution is -2.26. The fraction of sp³-hybridized carbons (Fsp3) is 0.571. The number of hydrogen-bond acceptors (Lipinski definition) is 2. The van der Waals surface area contributed by atoms with Gasteiger partial charge in [0, 0.05) is 6.61 Å². The molecule has 1 rings (SSSR count). The van der Waals surface area contributed by atoms with Gasteiger partial charge in [0.15, 0.2) is 0 Å². The highest BCUT2D eigenvalue weighted by atomic mass is 79.9. The van der Waals surface area contributed by atoms with Gasteiger partial charge in [0.25, 0.3) is 0 Å². The Kier molecular flexibility index (Phi) is 7.47. The second-order valence-electron chi connectivity index (χ2n) is 4.26. The highest BCUT2D eigenvalue weighted by molar-refractivity contribution is 9.10. The summed E-state index contributed by atoms with van der Waals surface area (Å²) in [5, 5.41) is 3.42. The lowest BCUT2D eigenvalue weighted by Gasteiger charge is -2.19. The standard InChI is InChI=1S/C14H21BrFNO/c1-3-7-17-14(10-18-8-4-2)11-5-6-13(16)12(15)9-11/h5-6,9,14,17H,3-4,7-8,10H2,1-2H3. The molecule has 1 aromatic carbocycles. The van der Waals surface area contributed by atoms with Crippen LogP contribution in [-0.4, -0.2) is 19.8 Å². The minimum atomic E-state index is -0.234. The number of ether oxygens (including phenoxy) is 1. The Balaban J connectivity index is 2.70. The topological polar surface area (TPSA) is 21.3 Å². The zero-order valence-electron chi connectivity index (χ0n) is 11.0. The van der Waals surface area contributed by atoms with Crippen molar-refractivity contribution >= 4 is 15.9 Å². The first-order valence-electron chi connectivity index (χ1n) is 6.45. The third-order valence-corrected chi connectivity index (χ3v) is 3.23. The van der Waals surface area contributed by atoms with Crippen molar-refractivity contribution in [1.29, 1.82) is 0 Å². The molecule has 0 aromatic heterocycles. The van der Waals surface area contributed by atoms with E-state index in [0.29, 0.717) is 11.1 Å². The van der Waals surface area contributed by atoms with E-state index in [2.05, 4.69) is 35.1 Å². The number of benzene rings is 1. The molecule has 0 saturated carbocycles. The van der Waals surface area contributed by atoms with Crippen LogP contribution in [0.3, 0.4) is 0 Å². The summed E-state index contributed by atoms with van der Waals surface area (Å²) in [5.74, 6) is -0.234. The lowest BCUT2D eigenvalue weighted by molar-refractivity contribution is 0.112. The van der Waals surface area contributed by atoms with Crippen LogP contribution in [-0.2, 0) is 4.74 Å². The molecule has 1 N–H and O–H groups in total. The molecule has 0 heterocycles. The molecule has 0 aliphatic carbocycles. The summed E-state index contributed by atoms with van der Waals surface area (Å²) in [7, 11) is 0. The van der Waals surface area contributed by atoms with E-state index in [0.717, 1.165) is 31.6 Å². The van der Waals surface area contributed by atoms with E-state index in [1.165, 1.54) is 6.07 Å². The van der Waals surface area contributed by atoms with Gasteiger partial charge in [-0.15, -0.1) is 0 Å². The highest BCUT2D eigenvalue weighted by Crippen LogP contribution is 2.21. The summed E-state index contributed by atoms with van der Waals surface area (Å²) in [4.78, 5) is 0. The Morgan fingerprint density at radius 3 is 2.72 bits per heavy atom. The third kappa shape index (κ3) is 5.04. The van der Waals surface area contributed by atoms with Crippen molar-refractivity contribution < 1.29 is 9.13 Å². The summed E-state index contributed by atoms with van der Waals surface area (Å²) in [5.41, 5.74) is 1.05. The van der Waals surface area contributed by atoms with Crippen molar-refractivity contribution in [2.24, 2.45) is 0 Å². The maximum Gasteiger partial charge on any atom is 0.137 e. The monoisotopic (exact) mass is 317 g/mol. The predicted octanol–water partition coefficient (Wildman–Crippen LogP) is 4.06. The summed E-state index contributed by atoms with van der Waals surface area (Å²) in [6.45, 7) is 6.51. The van der Waals surface area contributed by atoms with Gasteiger partial charge in [0.2, 0.25) is 0 Å². The minimum absolute atomic E-state index is 0.119. The van der Waals surface area contributed by atoms with E-state index in [4.69, 9.17) is 4.74 Å². The molecule has 0 amide bonds. The average molecular weight is 318 g/mol. The second kappa shape index (κ2) is 8.62. The van der Waals surface area contributed by atoms with Crippen LogP contribution in [0.5, 0.6) is 0 Å². The van der Waals surface area contributed by atoms with Gasteiger partial charge in [0.1, 0.15) is 5.82 Å². The van der Waals surface area contributed by atoms with Crippen LogP contribution in [0.2, 0.25) is 0 Å². The molecule has 4 heteroatoms. The Hall–Kier alpha value is -0.450. The van der Waals surface area contributed by atoms with E-state index < -0.39 is 0 Å². The quantitative estimate of drug-likeness (QED) is 0.730. The summed E-state index contributed by atoms with van der Waals surface area (Å²) >= 11 is 3.22. The second-order valence-corrected chi connectivity index (χ2v) is 5.11. The Morgan fingerprint density at radius 1 is 1.33 bits per heavy atom. The SMILES string of the molecule is CCCNC(COCCC)c1ccc(F)c(Br)c1. The molecule has 0 radical (unpaired) electrons. The highest BCUT2D eigenvalue weighted by Gasteiger charge is 2.12. The van der Waals surface area contributed by atoms with Gasteiger partial charge in [-0.3, -0.25) is 0 Å². The molecule has 1 atom stereocenters. The molecule has 18 heavy (non-hydrogen) atoms. The maximum absolute atomic E-state index is 13.2. The van der Waals surface area contributed by atoms with Crippen molar-refractivity contribution in [3.05, 3.63) is 34.1 Å². The van der Waals surface area contributed by atoms with E-state index in [9.17, 15) is 4.39 Å². The van der Waals surface area contributed by atoms with Crippen LogP contribution < -0.4 is 5.32 Å². The number of nitrogens with one attached hydrogen (secondary N) is 1. The van der Waals surface area contributed by atoms with Crippen LogP contribution in [0, 0.1) is 5.82 Å². The van der Waals surface area contributed by atoms with Crippen LogP contribution in [0.15, 0.2) is 22.7 Å². The first-order chi connectivity index (χ1) is 8.69. The fourth-order valence-corrected chi connectivity index (χ4v) is 2.06. The minimum Gasteiger partial charge on any atom is -0.379 e. The van der Waals surface area contributed by atoms with Crippen LogP contribution >= 0.6 is 15.9 Å². The summed E-state index contributed by atoms with van der Waals surface area (Å²) in [6.07, 6.45) is 2.07. The molecule has 102 valence electrons. The normalized spacial score (nSPS) is 12.7. The predicted molar refractivity (Wildman–Crippen MR) is 76.2 cm³/mol. The van der Waals surface area contributed by atoms with Crippen molar-refractivity contribution in [2.75, 3.05) is 19.8 Å². The molecule has 0 bridgehead atoms. The third-order valence-electron chi connectivity index (χ3n) is 2.62. The molecule has 0 saturated heterocycles. The molecule has 1 unspecified atom stereocenters. The Bertz CT molecular complexity index is 360. The smallest absolute Gasteiger partial charge is 0.137 e. The Morgan fingerprint density at radius 2 is 2.11 bits per heavy atom. The zero-order chi connectivity index (χ0) is 13.4. The van der Waals surface area contributed by atoms with Gasteiger partial charge in [-0.25, -0.2) is 4.39 Å². The first kappa shape index (κ1) is 15.6. The zero-order valence-corrected chi connectivity index (χ0v) is 12.6. The largest absolute Gasteiger partial charge is 0.379 e. The van der Waals surface area contributed by atoms with Crippen LogP contribution in [0.1, 0.15) is 38.3 Å². The number of rotatable bonds is 8. The summed E-state index contributed by atoms with van der Waals surface area (Å²) in [6, 6.07) is 5.23. The lowest BCUT2D eigenvalue weighted by atomic mass is 10.1. The maximum atomic E-state index is 13.2. The Labute approximate surface area is 117 Å². The van der Waals surface area contributed by atoms with Crippen LogP contribution in [0.4, 0.5) is 4.39 Å².